The van der Waals surface area contributed by atoms with Gasteiger partial charge < -0.3 is 15.2 Å². The molecule has 5 heteroatoms. The molecule has 2 N–H and O–H groups in total. The van der Waals surface area contributed by atoms with Crippen LogP contribution in [-0.4, -0.2) is 29.7 Å². The van der Waals surface area contributed by atoms with Crippen LogP contribution in [0.15, 0.2) is 24.3 Å². The highest BCUT2D eigenvalue weighted by Crippen LogP contribution is 2.10. The molecule has 0 fully saturated rings. The van der Waals surface area contributed by atoms with Gasteiger partial charge in [-0.25, -0.2) is 0 Å². The van der Waals surface area contributed by atoms with E-state index in [2.05, 4.69) is 5.32 Å². The first-order valence-corrected chi connectivity index (χ1v) is 6.23. The summed E-state index contributed by atoms with van der Waals surface area (Å²) in [6.45, 7) is 3.92. The Balaban J connectivity index is 2.44. The molecule has 1 aromatic rings. The number of carboxylic acids is 1. The molecule has 1 rings (SSSR count). The van der Waals surface area contributed by atoms with Crippen molar-refractivity contribution in [1.29, 1.82) is 0 Å². The van der Waals surface area contributed by atoms with Gasteiger partial charge in [0, 0.05) is 5.69 Å². The molecular weight excluding hydrogens is 246 g/mol. The maximum absolute atomic E-state index is 11.6. The second kappa shape index (κ2) is 7.53. The summed E-state index contributed by atoms with van der Waals surface area (Å²) >= 11 is 0. The number of ether oxygens (including phenoxy) is 1. The molecule has 0 spiro atoms. The molecule has 0 bridgehead atoms. The van der Waals surface area contributed by atoms with Gasteiger partial charge >= 0.3 is 5.97 Å². The van der Waals surface area contributed by atoms with Crippen LogP contribution < -0.4 is 5.32 Å². The standard InChI is InChI=1S/C14H19NO4/c1-3-10(2)19-9-13(16)15-12-6-4-11(5-7-12)8-14(17)18/h4-7,10H,3,8-9H2,1-2H3,(H,15,16)(H,17,18). The highest BCUT2D eigenvalue weighted by atomic mass is 16.5. The number of carboxylic acid groups (broad SMARTS) is 1. The van der Waals surface area contributed by atoms with Crippen molar-refractivity contribution in [3.63, 3.8) is 0 Å². The number of rotatable bonds is 7. The van der Waals surface area contributed by atoms with Gasteiger partial charge in [0.15, 0.2) is 0 Å². The predicted molar refractivity (Wildman–Crippen MR) is 72.1 cm³/mol. The lowest BCUT2D eigenvalue weighted by Crippen LogP contribution is -2.21. The SMILES string of the molecule is CCC(C)OCC(=O)Nc1ccc(CC(=O)O)cc1. The minimum absolute atomic E-state index is 0.0197. The van der Waals surface area contributed by atoms with Crippen molar-refractivity contribution in [2.24, 2.45) is 0 Å². The Morgan fingerprint density at radius 3 is 2.47 bits per heavy atom. The summed E-state index contributed by atoms with van der Waals surface area (Å²) < 4.78 is 5.31. The van der Waals surface area contributed by atoms with Crippen LogP contribution in [0.5, 0.6) is 0 Å². The number of amides is 1. The summed E-state index contributed by atoms with van der Waals surface area (Å²) in [7, 11) is 0. The number of benzene rings is 1. The molecule has 0 aliphatic carbocycles. The van der Waals surface area contributed by atoms with E-state index in [4.69, 9.17) is 9.84 Å². The molecule has 1 atom stereocenters. The Hall–Kier alpha value is -1.88. The third kappa shape index (κ3) is 6.01. The van der Waals surface area contributed by atoms with Crippen molar-refractivity contribution >= 4 is 17.6 Å². The van der Waals surface area contributed by atoms with E-state index in [0.29, 0.717) is 11.3 Å². The normalized spacial score (nSPS) is 11.9. The number of aliphatic carboxylic acids is 1. The number of nitrogens with one attached hydrogen (secondary N) is 1. The van der Waals surface area contributed by atoms with Crippen LogP contribution in [0.4, 0.5) is 5.69 Å². The molecule has 0 saturated heterocycles. The molecule has 0 aromatic heterocycles. The molecule has 1 unspecified atom stereocenters. The van der Waals surface area contributed by atoms with Crippen molar-refractivity contribution in [2.75, 3.05) is 11.9 Å². The van der Waals surface area contributed by atoms with Crippen LogP contribution in [0.1, 0.15) is 25.8 Å². The molecule has 19 heavy (non-hydrogen) atoms. The van der Waals surface area contributed by atoms with Crippen LogP contribution in [-0.2, 0) is 20.7 Å². The third-order valence-electron chi connectivity index (χ3n) is 2.67. The van der Waals surface area contributed by atoms with Gasteiger partial charge in [0.1, 0.15) is 6.61 Å². The van der Waals surface area contributed by atoms with E-state index in [9.17, 15) is 9.59 Å². The maximum atomic E-state index is 11.6. The fraction of sp³-hybridized carbons (Fsp3) is 0.429. The Bertz CT molecular complexity index is 428. The number of carbonyl (C=O) groups is 2. The number of hydrogen-bond donors (Lipinski definition) is 2. The lowest BCUT2D eigenvalue weighted by Gasteiger charge is -2.10. The van der Waals surface area contributed by atoms with Crippen LogP contribution >= 0.6 is 0 Å². The average Bonchev–Trinajstić information content (AvgIpc) is 2.37. The zero-order valence-electron chi connectivity index (χ0n) is 11.2. The van der Waals surface area contributed by atoms with Crippen LogP contribution in [0.2, 0.25) is 0 Å². The Labute approximate surface area is 112 Å². The van der Waals surface area contributed by atoms with Gasteiger partial charge in [-0.3, -0.25) is 9.59 Å². The largest absolute Gasteiger partial charge is 0.481 e. The topological polar surface area (TPSA) is 75.6 Å². The third-order valence-corrected chi connectivity index (χ3v) is 2.67. The summed E-state index contributed by atoms with van der Waals surface area (Å²) in [5.74, 6) is -1.09. The first-order valence-electron chi connectivity index (χ1n) is 6.23. The number of carbonyl (C=O) groups excluding carboxylic acids is 1. The highest BCUT2D eigenvalue weighted by molar-refractivity contribution is 5.91. The molecule has 0 radical (unpaired) electrons. The molecule has 0 heterocycles. The van der Waals surface area contributed by atoms with Crippen LogP contribution in [0, 0.1) is 0 Å². The van der Waals surface area contributed by atoms with E-state index in [1.807, 2.05) is 13.8 Å². The molecule has 104 valence electrons. The minimum atomic E-state index is -0.876. The van der Waals surface area contributed by atoms with Crippen molar-refractivity contribution < 1.29 is 19.4 Å². The second-order valence-electron chi connectivity index (χ2n) is 4.35. The van der Waals surface area contributed by atoms with Crippen molar-refractivity contribution in [3.05, 3.63) is 29.8 Å². The summed E-state index contributed by atoms with van der Waals surface area (Å²) in [6.07, 6.45) is 0.895. The fourth-order valence-electron chi connectivity index (χ4n) is 1.41. The summed E-state index contributed by atoms with van der Waals surface area (Å²) in [5, 5.41) is 11.3. The smallest absolute Gasteiger partial charge is 0.307 e. The summed E-state index contributed by atoms with van der Waals surface area (Å²) in [4.78, 5) is 22.1. The minimum Gasteiger partial charge on any atom is -0.481 e. The van der Waals surface area contributed by atoms with Gasteiger partial charge in [-0.15, -0.1) is 0 Å². The average molecular weight is 265 g/mol. The van der Waals surface area contributed by atoms with Gasteiger partial charge in [0.2, 0.25) is 5.91 Å². The van der Waals surface area contributed by atoms with Crippen LogP contribution in [0.25, 0.3) is 0 Å². The summed E-state index contributed by atoms with van der Waals surface area (Å²) in [6, 6.07) is 6.72. The van der Waals surface area contributed by atoms with E-state index in [1.54, 1.807) is 24.3 Å². The number of hydrogen-bond acceptors (Lipinski definition) is 3. The predicted octanol–water partition coefficient (Wildman–Crippen LogP) is 2.07. The molecule has 5 nitrogen and oxygen atoms in total. The molecular formula is C14H19NO4. The Kier molecular flexibility index (Phi) is 6.02. The van der Waals surface area contributed by atoms with E-state index >= 15 is 0 Å². The van der Waals surface area contributed by atoms with Crippen molar-refractivity contribution in [1.82, 2.24) is 0 Å². The van der Waals surface area contributed by atoms with Gasteiger partial charge in [-0.05, 0) is 31.0 Å². The Morgan fingerprint density at radius 1 is 1.32 bits per heavy atom. The summed E-state index contributed by atoms with van der Waals surface area (Å²) in [5.41, 5.74) is 1.33. The molecule has 0 aliphatic heterocycles. The lowest BCUT2D eigenvalue weighted by molar-refractivity contribution is -0.136. The first-order chi connectivity index (χ1) is 9.01. The Morgan fingerprint density at radius 2 is 1.95 bits per heavy atom. The van der Waals surface area contributed by atoms with Gasteiger partial charge in [0.05, 0.1) is 12.5 Å². The van der Waals surface area contributed by atoms with E-state index < -0.39 is 5.97 Å². The van der Waals surface area contributed by atoms with Crippen molar-refractivity contribution in [2.45, 2.75) is 32.8 Å². The van der Waals surface area contributed by atoms with Crippen LogP contribution in [0.3, 0.4) is 0 Å². The number of anilines is 1. The van der Waals surface area contributed by atoms with Gasteiger partial charge in [0.25, 0.3) is 0 Å². The maximum Gasteiger partial charge on any atom is 0.307 e. The fourth-order valence-corrected chi connectivity index (χ4v) is 1.41. The zero-order valence-corrected chi connectivity index (χ0v) is 11.2. The molecule has 1 aromatic carbocycles. The zero-order chi connectivity index (χ0) is 14.3. The lowest BCUT2D eigenvalue weighted by atomic mass is 10.1. The van der Waals surface area contributed by atoms with Crippen molar-refractivity contribution in [3.8, 4) is 0 Å². The van der Waals surface area contributed by atoms with E-state index in [1.165, 1.54) is 0 Å². The van der Waals surface area contributed by atoms with E-state index in [-0.39, 0.29) is 25.0 Å². The highest BCUT2D eigenvalue weighted by Gasteiger charge is 2.06. The molecule has 0 aliphatic rings. The van der Waals surface area contributed by atoms with Gasteiger partial charge in [-0.2, -0.15) is 0 Å². The van der Waals surface area contributed by atoms with Gasteiger partial charge in [-0.1, -0.05) is 19.1 Å². The monoisotopic (exact) mass is 265 g/mol. The quantitative estimate of drug-likeness (QED) is 0.791. The molecule has 1 amide bonds. The second-order valence-corrected chi connectivity index (χ2v) is 4.35. The van der Waals surface area contributed by atoms with E-state index in [0.717, 1.165) is 6.42 Å². The first kappa shape index (κ1) is 15.2. The molecule has 0 saturated carbocycles.